The minimum atomic E-state index is -0.217. The largest absolute Gasteiger partial charge is 0.495 e. The second kappa shape index (κ2) is 9.34. The van der Waals surface area contributed by atoms with Crippen LogP contribution < -0.4 is 9.47 Å². The zero-order chi connectivity index (χ0) is 20.1. The van der Waals surface area contributed by atoms with Gasteiger partial charge in [0, 0.05) is 6.54 Å². The minimum absolute atomic E-state index is 0.0733. The van der Waals surface area contributed by atoms with E-state index in [9.17, 15) is 4.79 Å². The molecule has 0 aliphatic carbocycles. The number of ether oxygens (including phenoxy) is 2. The molecule has 1 atom stereocenters. The number of amides is 1. The van der Waals surface area contributed by atoms with E-state index in [1.807, 2.05) is 56.3 Å². The molecule has 0 spiro atoms. The number of carbonyl (C=O) groups excluding carboxylic acids is 1. The van der Waals surface area contributed by atoms with E-state index in [1.165, 1.54) is 11.8 Å². The smallest absolute Gasteiger partial charge is 0.242 e. The van der Waals surface area contributed by atoms with Gasteiger partial charge in [0.2, 0.25) is 5.91 Å². The second-order valence-corrected chi connectivity index (χ2v) is 7.76. The van der Waals surface area contributed by atoms with Gasteiger partial charge >= 0.3 is 0 Å². The molecule has 148 valence electrons. The molecule has 0 unspecified atom stereocenters. The molecule has 1 fully saturated rings. The Kier molecular flexibility index (Phi) is 6.86. The molecule has 2 aromatic carbocycles. The normalized spacial score (nSPS) is 18.0. The standard InChI is InChI=1S/C21H23ClN2O3S/c1-4-24-20(25)19(13-14-6-11-18(26-3)17(22)12-14)28-21(24)23-15-7-9-16(10-8-15)27-5-2/h6-12,19H,4-5,13H2,1-3H3/t19-/m0/s1. The zero-order valence-corrected chi connectivity index (χ0v) is 17.7. The number of aliphatic imine (C=N–C) groups is 1. The van der Waals surface area contributed by atoms with Gasteiger partial charge in [-0.25, -0.2) is 4.99 Å². The minimum Gasteiger partial charge on any atom is -0.495 e. The van der Waals surface area contributed by atoms with Crippen LogP contribution in [0.1, 0.15) is 19.4 Å². The van der Waals surface area contributed by atoms with E-state index in [2.05, 4.69) is 4.99 Å². The summed E-state index contributed by atoms with van der Waals surface area (Å²) in [5, 5.41) is 1.05. The van der Waals surface area contributed by atoms with E-state index in [1.54, 1.807) is 12.0 Å². The lowest BCUT2D eigenvalue weighted by molar-refractivity contribution is -0.126. The first kappa shape index (κ1) is 20.6. The number of nitrogens with zero attached hydrogens (tertiary/aromatic N) is 2. The Morgan fingerprint density at radius 1 is 1.18 bits per heavy atom. The van der Waals surface area contributed by atoms with Gasteiger partial charge in [0.25, 0.3) is 0 Å². The molecular weight excluding hydrogens is 396 g/mol. The number of rotatable bonds is 7. The van der Waals surface area contributed by atoms with Crippen molar-refractivity contribution in [2.75, 3.05) is 20.3 Å². The Bertz CT molecular complexity index is 870. The van der Waals surface area contributed by atoms with Gasteiger partial charge in [-0.3, -0.25) is 9.69 Å². The van der Waals surface area contributed by atoms with Crippen molar-refractivity contribution in [2.45, 2.75) is 25.5 Å². The van der Waals surface area contributed by atoms with Gasteiger partial charge in [0.05, 0.1) is 29.7 Å². The van der Waals surface area contributed by atoms with Crippen molar-refractivity contribution in [3.8, 4) is 11.5 Å². The Balaban J connectivity index is 1.77. The number of hydrogen-bond donors (Lipinski definition) is 0. The van der Waals surface area contributed by atoms with Gasteiger partial charge in [0.1, 0.15) is 11.5 Å². The second-order valence-electron chi connectivity index (χ2n) is 6.18. The zero-order valence-electron chi connectivity index (χ0n) is 16.1. The fraction of sp³-hybridized carbons (Fsp3) is 0.333. The maximum atomic E-state index is 12.8. The lowest BCUT2D eigenvalue weighted by Gasteiger charge is -2.13. The monoisotopic (exact) mass is 418 g/mol. The molecule has 0 N–H and O–H groups in total. The first-order valence-corrected chi connectivity index (χ1v) is 10.4. The molecule has 2 aromatic rings. The quantitative estimate of drug-likeness (QED) is 0.638. The molecule has 0 radical (unpaired) electrons. The van der Waals surface area contributed by atoms with Gasteiger partial charge in [-0.2, -0.15) is 0 Å². The van der Waals surface area contributed by atoms with Crippen molar-refractivity contribution >= 4 is 40.1 Å². The van der Waals surface area contributed by atoms with Crippen LogP contribution in [0.3, 0.4) is 0 Å². The summed E-state index contributed by atoms with van der Waals surface area (Å²) in [5.41, 5.74) is 1.79. The van der Waals surface area contributed by atoms with Crippen LogP contribution in [0.15, 0.2) is 47.5 Å². The van der Waals surface area contributed by atoms with E-state index in [-0.39, 0.29) is 11.2 Å². The van der Waals surface area contributed by atoms with Crippen molar-refractivity contribution < 1.29 is 14.3 Å². The van der Waals surface area contributed by atoms with E-state index >= 15 is 0 Å². The summed E-state index contributed by atoms with van der Waals surface area (Å²) in [6, 6.07) is 13.2. The number of benzene rings is 2. The molecule has 1 aliphatic rings. The third-order valence-corrected chi connectivity index (χ3v) is 5.82. The van der Waals surface area contributed by atoms with E-state index in [4.69, 9.17) is 21.1 Å². The summed E-state index contributed by atoms with van der Waals surface area (Å²) in [6.07, 6.45) is 0.589. The van der Waals surface area contributed by atoms with Gasteiger partial charge in [-0.15, -0.1) is 0 Å². The average molecular weight is 419 g/mol. The first-order valence-electron chi connectivity index (χ1n) is 9.17. The molecule has 0 aromatic heterocycles. The highest BCUT2D eigenvalue weighted by molar-refractivity contribution is 8.15. The molecule has 0 saturated carbocycles. The van der Waals surface area contributed by atoms with E-state index in [0.29, 0.717) is 30.3 Å². The molecule has 1 amide bonds. The van der Waals surface area contributed by atoms with Crippen molar-refractivity contribution in [2.24, 2.45) is 4.99 Å². The SMILES string of the molecule is CCOc1ccc(N=C2S[C@@H](Cc3ccc(OC)c(Cl)c3)C(=O)N2CC)cc1. The summed E-state index contributed by atoms with van der Waals surface area (Å²) >= 11 is 7.71. The summed E-state index contributed by atoms with van der Waals surface area (Å²) in [4.78, 5) is 19.3. The number of thioether (sulfide) groups is 1. The van der Waals surface area contributed by atoms with Crippen LogP contribution in [0, 0.1) is 0 Å². The van der Waals surface area contributed by atoms with Gasteiger partial charge in [-0.1, -0.05) is 29.4 Å². The van der Waals surface area contributed by atoms with Gasteiger partial charge in [-0.05, 0) is 62.2 Å². The topological polar surface area (TPSA) is 51.1 Å². The molecule has 3 rings (SSSR count). The van der Waals surface area contributed by atoms with Crippen LogP contribution in [0.2, 0.25) is 5.02 Å². The summed E-state index contributed by atoms with van der Waals surface area (Å²) in [7, 11) is 1.58. The Morgan fingerprint density at radius 3 is 2.54 bits per heavy atom. The molecule has 0 bridgehead atoms. The van der Waals surface area contributed by atoms with Crippen molar-refractivity contribution in [3.05, 3.63) is 53.1 Å². The lowest BCUT2D eigenvalue weighted by atomic mass is 10.1. The summed E-state index contributed by atoms with van der Waals surface area (Å²) in [6.45, 7) is 5.11. The van der Waals surface area contributed by atoms with E-state index in [0.717, 1.165) is 22.2 Å². The number of amidine groups is 1. The number of halogens is 1. The van der Waals surface area contributed by atoms with Crippen LogP contribution in [-0.2, 0) is 11.2 Å². The van der Waals surface area contributed by atoms with E-state index < -0.39 is 0 Å². The summed E-state index contributed by atoms with van der Waals surface area (Å²) in [5.74, 6) is 1.51. The predicted molar refractivity (Wildman–Crippen MR) is 115 cm³/mol. The van der Waals surface area contributed by atoms with Crippen LogP contribution >= 0.6 is 23.4 Å². The maximum Gasteiger partial charge on any atom is 0.242 e. The molecule has 1 aliphatic heterocycles. The Morgan fingerprint density at radius 2 is 1.93 bits per heavy atom. The first-order chi connectivity index (χ1) is 13.5. The number of carbonyl (C=O) groups is 1. The molecular formula is C21H23ClN2O3S. The maximum absolute atomic E-state index is 12.8. The van der Waals surface area contributed by atoms with Crippen LogP contribution in [0.4, 0.5) is 5.69 Å². The Labute approximate surface area is 174 Å². The number of methoxy groups -OCH3 is 1. The fourth-order valence-corrected chi connectivity index (χ4v) is 4.50. The summed E-state index contributed by atoms with van der Waals surface area (Å²) < 4.78 is 10.7. The van der Waals surface area contributed by atoms with Crippen LogP contribution in [0.5, 0.6) is 11.5 Å². The molecule has 1 saturated heterocycles. The lowest BCUT2D eigenvalue weighted by Crippen LogP contribution is -2.32. The van der Waals surface area contributed by atoms with Crippen molar-refractivity contribution in [1.82, 2.24) is 4.90 Å². The molecule has 28 heavy (non-hydrogen) atoms. The predicted octanol–water partition coefficient (Wildman–Crippen LogP) is 4.94. The highest BCUT2D eigenvalue weighted by Crippen LogP contribution is 2.33. The van der Waals surface area contributed by atoms with Crippen LogP contribution in [0.25, 0.3) is 0 Å². The van der Waals surface area contributed by atoms with Gasteiger partial charge in [0.15, 0.2) is 5.17 Å². The third-order valence-electron chi connectivity index (χ3n) is 4.35. The van der Waals surface area contributed by atoms with Crippen molar-refractivity contribution in [1.29, 1.82) is 0 Å². The highest BCUT2D eigenvalue weighted by Gasteiger charge is 2.37. The fourth-order valence-electron chi connectivity index (χ4n) is 2.96. The molecule has 5 nitrogen and oxygen atoms in total. The molecule has 1 heterocycles. The highest BCUT2D eigenvalue weighted by atomic mass is 35.5. The average Bonchev–Trinajstić information content (AvgIpc) is 2.98. The van der Waals surface area contributed by atoms with Crippen LogP contribution in [-0.4, -0.2) is 41.5 Å². The van der Waals surface area contributed by atoms with Crippen molar-refractivity contribution in [3.63, 3.8) is 0 Å². The van der Waals surface area contributed by atoms with Gasteiger partial charge < -0.3 is 9.47 Å². The number of hydrogen-bond acceptors (Lipinski definition) is 5. The third kappa shape index (κ3) is 4.62. The molecule has 7 heteroatoms. The Hall–Kier alpha value is -2.18.